The quantitative estimate of drug-likeness (QED) is 0.849. The number of nitrogens with zero attached hydrogens (tertiary/aromatic N) is 3. The van der Waals surface area contributed by atoms with Gasteiger partial charge in [0.25, 0.3) is 5.91 Å². The molecule has 0 aliphatic carbocycles. The summed E-state index contributed by atoms with van der Waals surface area (Å²) in [4.78, 5) is 20.7. The Bertz CT molecular complexity index is 776. The number of hydrogen-bond donors (Lipinski definition) is 0. The fraction of sp³-hybridized carbons (Fsp3) is 0.400. The van der Waals surface area contributed by atoms with Crippen LogP contribution in [0.3, 0.4) is 0 Å². The van der Waals surface area contributed by atoms with Crippen LogP contribution in [0.5, 0.6) is 0 Å². The second-order valence-corrected chi connectivity index (χ2v) is 7.03. The Kier molecular flexibility index (Phi) is 4.70. The lowest BCUT2D eigenvalue weighted by Crippen LogP contribution is -2.58. The van der Waals surface area contributed by atoms with Crippen LogP contribution in [0.1, 0.15) is 18.5 Å². The number of anilines is 1. The number of halogens is 1. The zero-order valence-corrected chi connectivity index (χ0v) is 14.6. The molecule has 4 rings (SSSR count). The van der Waals surface area contributed by atoms with Gasteiger partial charge < -0.3 is 9.64 Å². The molecule has 6 heteroatoms. The second kappa shape index (κ2) is 7.13. The van der Waals surface area contributed by atoms with Gasteiger partial charge in [-0.3, -0.25) is 14.7 Å². The van der Waals surface area contributed by atoms with Crippen LogP contribution < -0.4 is 4.90 Å². The number of morpholine rings is 1. The lowest BCUT2D eigenvalue weighted by atomic mass is 9.89. The molecule has 0 N–H and O–H groups in total. The third kappa shape index (κ3) is 3.61. The van der Waals surface area contributed by atoms with E-state index in [4.69, 9.17) is 4.74 Å². The summed E-state index contributed by atoms with van der Waals surface area (Å²) >= 11 is 0. The number of piperidine rings is 1. The largest absolute Gasteiger partial charge is 0.363 e. The number of pyridine rings is 1. The van der Waals surface area contributed by atoms with E-state index in [1.807, 2.05) is 24.4 Å². The molecule has 0 atom stereocenters. The molecular weight excluding hydrogens is 333 g/mol. The maximum atomic E-state index is 13.6. The van der Waals surface area contributed by atoms with Gasteiger partial charge in [-0.2, -0.15) is 0 Å². The van der Waals surface area contributed by atoms with Crippen molar-refractivity contribution < 1.29 is 13.9 Å². The van der Waals surface area contributed by atoms with Crippen LogP contribution in [0, 0.1) is 5.82 Å². The van der Waals surface area contributed by atoms with Crippen molar-refractivity contribution >= 4 is 11.6 Å². The van der Waals surface area contributed by atoms with Gasteiger partial charge >= 0.3 is 0 Å². The van der Waals surface area contributed by atoms with Gasteiger partial charge in [-0.1, -0.05) is 12.1 Å². The number of likely N-dealkylation sites (tertiary alicyclic amines) is 1. The first kappa shape index (κ1) is 17.1. The van der Waals surface area contributed by atoms with E-state index >= 15 is 0 Å². The van der Waals surface area contributed by atoms with E-state index in [1.165, 1.54) is 12.1 Å². The molecule has 2 aromatic rings. The third-order valence-corrected chi connectivity index (χ3v) is 5.25. The van der Waals surface area contributed by atoms with Crippen molar-refractivity contribution in [3.8, 4) is 0 Å². The Morgan fingerprint density at radius 2 is 2.00 bits per heavy atom. The maximum Gasteiger partial charge on any atom is 0.253 e. The van der Waals surface area contributed by atoms with Gasteiger partial charge in [0.15, 0.2) is 0 Å². The summed E-state index contributed by atoms with van der Waals surface area (Å²) in [5.74, 6) is -0.446. The summed E-state index contributed by atoms with van der Waals surface area (Å²) in [6.07, 6.45) is 3.51. The third-order valence-electron chi connectivity index (χ3n) is 5.25. The van der Waals surface area contributed by atoms with Crippen molar-refractivity contribution in [2.75, 3.05) is 31.1 Å². The number of carbonyl (C=O) groups is 1. The summed E-state index contributed by atoms with van der Waals surface area (Å²) in [6, 6.07) is 12.2. The maximum absolute atomic E-state index is 13.6. The van der Waals surface area contributed by atoms with Crippen molar-refractivity contribution in [1.29, 1.82) is 0 Å². The van der Waals surface area contributed by atoms with Crippen molar-refractivity contribution in [2.45, 2.75) is 25.0 Å². The SMILES string of the molecule is O=C1COC2(CCN(Cc3ccccn3)CC2)CN1c1cccc(F)c1. The Labute approximate surface area is 152 Å². The van der Waals surface area contributed by atoms with Gasteiger partial charge in [-0.15, -0.1) is 0 Å². The van der Waals surface area contributed by atoms with Gasteiger partial charge in [0, 0.05) is 31.5 Å². The van der Waals surface area contributed by atoms with Crippen molar-refractivity contribution in [3.05, 3.63) is 60.2 Å². The minimum Gasteiger partial charge on any atom is -0.363 e. The number of carbonyl (C=O) groups excluding carboxylic acids is 1. The molecule has 3 heterocycles. The molecule has 5 nitrogen and oxygen atoms in total. The molecular formula is C20H22FN3O2. The molecule has 2 aliphatic rings. The molecule has 26 heavy (non-hydrogen) atoms. The van der Waals surface area contributed by atoms with E-state index < -0.39 is 0 Å². The summed E-state index contributed by atoms with van der Waals surface area (Å²) in [6.45, 7) is 3.14. The van der Waals surface area contributed by atoms with Crippen molar-refractivity contribution in [2.24, 2.45) is 0 Å². The molecule has 136 valence electrons. The molecule has 1 amide bonds. The molecule has 0 radical (unpaired) electrons. The normalized spacial score (nSPS) is 20.5. The highest BCUT2D eigenvalue weighted by Gasteiger charge is 2.42. The summed E-state index contributed by atoms with van der Waals surface area (Å²) in [7, 11) is 0. The van der Waals surface area contributed by atoms with Gasteiger partial charge in [-0.25, -0.2) is 4.39 Å². The average Bonchev–Trinajstić information content (AvgIpc) is 2.67. The number of ether oxygens (including phenoxy) is 1. The Hall–Kier alpha value is -2.31. The summed E-state index contributed by atoms with van der Waals surface area (Å²) < 4.78 is 19.5. The molecule has 1 aromatic heterocycles. The van der Waals surface area contributed by atoms with E-state index in [-0.39, 0.29) is 23.9 Å². The predicted octanol–water partition coefficient (Wildman–Crippen LogP) is 2.62. The predicted molar refractivity (Wildman–Crippen MR) is 96.2 cm³/mol. The lowest BCUT2D eigenvalue weighted by molar-refractivity contribution is -0.145. The van der Waals surface area contributed by atoms with Crippen molar-refractivity contribution in [1.82, 2.24) is 9.88 Å². The van der Waals surface area contributed by atoms with E-state index in [0.29, 0.717) is 12.2 Å². The first-order chi connectivity index (χ1) is 12.6. The molecule has 0 bridgehead atoms. The number of benzene rings is 1. The molecule has 1 spiro atoms. The molecule has 2 aliphatic heterocycles. The Morgan fingerprint density at radius 3 is 2.73 bits per heavy atom. The number of hydrogen-bond acceptors (Lipinski definition) is 4. The van der Waals surface area contributed by atoms with Crippen LogP contribution in [0.15, 0.2) is 48.7 Å². The molecule has 1 aromatic carbocycles. The van der Waals surface area contributed by atoms with Crippen LogP contribution >= 0.6 is 0 Å². The van der Waals surface area contributed by atoms with Gasteiger partial charge in [0.1, 0.15) is 12.4 Å². The van der Waals surface area contributed by atoms with Crippen LogP contribution in [0.2, 0.25) is 0 Å². The zero-order chi connectivity index (χ0) is 18.0. The number of amides is 1. The van der Waals surface area contributed by atoms with E-state index in [9.17, 15) is 9.18 Å². The smallest absolute Gasteiger partial charge is 0.253 e. The standard InChI is InChI=1S/C20H22FN3O2/c21-16-4-3-6-18(12-16)24-15-20(26-14-19(24)25)7-10-23(11-8-20)13-17-5-1-2-9-22-17/h1-6,9,12H,7-8,10-11,13-15H2. The first-order valence-corrected chi connectivity index (χ1v) is 8.96. The van der Waals surface area contributed by atoms with Gasteiger partial charge in [0.05, 0.1) is 17.8 Å². The molecule has 2 saturated heterocycles. The van der Waals surface area contributed by atoms with Crippen LogP contribution in [0.25, 0.3) is 0 Å². The molecule has 0 unspecified atom stereocenters. The number of rotatable bonds is 3. The van der Waals surface area contributed by atoms with E-state index in [2.05, 4.69) is 9.88 Å². The zero-order valence-electron chi connectivity index (χ0n) is 14.6. The van der Waals surface area contributed by atoms with E-state index in [1.54, 1.807) is 17.0 Å². The average molecular weight is 355 g/mol. The fourth-order valence-corrected chi connectivity index (χ4v) is 3.74. The van der Waals surface area contributed by atoms with Gasteiger partial charge in [-0.05, 0) is 43.2 Å². The second-order valence-electron chi connectivity index (χ2n) is 7.03. The topological polar surface area (TPSA) is 45.7 Å². The molecule has 2 fully saturated rings. The fourth-order valence-electron chi connectivity index (χ4n) is 3.74. The minimum atomic E-state index is -0.346. The highest BCUT2D eigenvalue weighted by Crippen LogP contribution is 2.33. The molecule has 0 saturated carbocycles. The highest BCUT2D eigenvalue weighted by molar-refractivity contribution is 5.95. The van der Waals surface area contributed by atoms with Gasteiger partial charge in [0.2, 0.25) is 0 Å². The lowest BCUT2D eigenvalue weighted by Gasteiger charge is -2.47. The monoisotopic (exact) mass is 355 g/mol. The van der Waals surface area contributed by atoms with Crippen molar-refractivity contribution in [3.63, 3.8) is 0 Å². The summed E-state index contributed by atoms with van der Waals surface area (Å²) in [5.41, 5.74) is 1.32. The van der Waals surface area contributed by atoms with Crippen LogP contribution in [-0.4, -0.2) is 47.6 Å². The van der Waals surface area contributed by atoms with Crippen LogP contribution in [-0.2, 0) is 16.1 Å². The first-order valence-electron chi connectivity index (χ1n) is 8.96. The Balaban J connectivity index is 1.42. The van der Waals surface area contributed by atoms with Crippen LogP contribution in [0.4, 0.5) is 10.1 Å². The Morgan fingerprint density at radius 1 is 1.15 bits per heavy atom. The summed E-state index contributed by atoms with van der Waals surface area (Å²) in [5, 5.41) is 0. The van der Waals surface area contributed by atoms with E-state index in [0.717, 1.165) is 38.2 Å². The number of aromatic nitrogens is 1. The minimum absolute atomic E-state index is 0.0523. The highest BCUT2D eigenvalue weighted by atomic mass is 19.1.